The van der Waals surface area contributed by atoms with Crippen LogP contribution >= 0.6 is 0 Å². The molecule has 2 aromatic carbocycles. The van der Waals surface area contributed by atoms with Gasteiger partial charge in [-0.2, -0.15) is 9.44 Å². The largest absolute Gasteiger partial charge is 0.324 e. The lowest BCUT2D eigenvalue weighted by Crippen LogP contribution is -3.29. The first kappa shape index (κ1) is 26.8. The van der Waals surface area contributed by atoms with E-state index >= 15 is 0 Å². The summed E-state index contributed by atoms with van der Waals surface area (Å²) in [7, 11) is -7.16. The van der Waals surface area contributed by atoms with Crippen LogP contribution in [0.25, 0.3) is 0 Å². The highest BCUT2D eigenvalue weighted by molar-refractivity contribution is 7.89. The Kier molecular flexibility index (Phi) is 8.22. The summed E-state index contributed by atoms with van der Waals surface area (Å²) in [4.78, 5) is 3.22. The molecule has 1 saturated heterocycles. The molecule has 0 aliphatic carbocycles. The van der Waals surface area contributed by atoms with Crippen LogP contribution in [0, 0.1) is 0 Å². The van der Waals surface area contributed by atoms with Gasteiger partial charge in [0.2, 0.25) is 20.0 Å². The predicted octanol–water partition coefficient (Wildman–Crippen LogP) is -0.716. The zero-order valence-corrected chi connectivity index (χ0v) is 22.1. The summed E-state index contributed by atoms with van der Waals surface area (Å²) in [6, 6.07) is 16.9. The van der Waals surface area contributed by atoms with E-state index < -0.39 is 31.1 Å². The third kappa shape index (κ3) is 7.59. The first-order chi connectivity index (χ1) is 15.8. The average molecular weight is 511 g/mol. The maximum atomic E-state index is 12.7. The fourth-order valence-corrected chi connectivity index (χ4v) is 7.54. The monoisotopic (exact) mass is 510 g/mol. The van der Waals surface area contributed by atoms with Crippen molar-refractivity contribution in [1.82, 2.24) is 9.44 Å². The number of hydrogen-bond acceptors (Lipinski definition) is 4. The molecule has 34 heavy (non-hydrogen) atoms. The molecule has 0 amide bonds. The van der Waals surface area contributed by atoms with Gasteiger partial charge in [0.15, 0.2) is 0 Å². The van der Waals surface area contributed by atoms with Crippen LogP contribution in [0.15, 0.2) is 70.5 Å². The Morgan fingerprint density at radius 2 is 0.912 bits per heavy atom. The minimum absolute atomic E-state index is 0.271. The van der Waals surface area contributed by atoms with Crippen molar-refractivity contribution in [1.29, 1.82) is 0 Å². The summed E-state index contributed by atoms with van der Waals surface area (Å²) in [5.74, 6) is 0. The molecule has 1 aliphatic rings. The number of piperazine rings is 1. The molecule has 2 aromatic rings. The van der Waals surface area contributed by atoms with Crippen molar-refractivity contribution in [3.8, 4) is 0 Å². The summed E-state index contributed by atoms with van der Waals surface area (Å²) in [6.07, 6.45) is 0. The van der Waals surface area contributed by atoms with Gasteiger partial charge >= 0.3 is 0 Å². The Balaban J connectivity index is 1.51. The molecule has 0 unspecified atom stereocenters. The van der Waals surface area contributed by atoms with Crippen LogP contribution < -0.4 is 19.2 Å². The number of nitrogens with one attached hydrogen (secondary N) is 4. The summed E-state index contributed by atoms with van der Waals surface area (Å²) < 4.78 is 56.6. The number of quaternary nitrogens is 2. The van der Waals surface area contributed by atoms with Crippen LogP contribution in [-0.4, -0.2) is 67.2 Å². The average Bonchev–Trinajstić information content (AvgIpc) is 2.74. The van der Waals surface area contributed by atoms with Crippen molar-refractivity contribution >= 4 is 20.0 Å². The van der Waals surface area contributed by atoms with Gasteiger partial charge in [0.05, 0.1) is 34.0 Å². The van der Waals surface area contributed by atoms with Gasteiger partial charge in [0.25, 0.3) is 0 Å². The fourth-order valence-electron chi connectivity index (χ4n) is 4.68. The summed E-state index contributed by atoms with van der Waals surface area (Å²) in [5, 5.41) is 0. The molecule has 8 nitrogen and oxygen atoms in total. The number of sulfonamides is 2. The van der Waals surface area contributed by atoms with Gasteiger partial charge in [-0.25, -0.2) is 16.8 Å². The molecule has 1 fully saturated rings. The molecule has 3 rings (SSSR count). The zero-order chi connectivity index (χ0) is 25.0. The lowest BCUT2D eigenvalue weighted by atomic mass is 10.0. The van der Waals surface area contributed by atoms with E-state index in [9.17, 15) is 16.8 Å². The van der Waals surface area contributed by atoms with Gasteiger partial charge in [0, 0.05) is 0 Å². The minimum atomic E-state index is -3.58. The van der Waals surface area contributed by atoms with E-state index in [1.54, 1.807) is 60.7 Å². The Bertz CT molecular complexity index is 1050. The van der Waals surface area contributed by atoms with E-state index in [-0.39, 0.29) is 9.79 Å². The molecule has 188 valence electrons. The summed E-state index contributed by atoms with van der Waals surface area (Å²) in [5.41, 5.74) is -1.18. The molecule has 1 aliphatic heterocycles. The first-order valence-electron chi connectivity index (χ1n) is 11.6. The van der Waals surface area contributed by atoms with E-state index in [1.807, 2.05) is 27.7 Å². The molecule has 0 bridgehead atoms. The molecule has 1 heterocycles. The number of benzene rings is 2. The fraction of sp³-hybridized carbons (Fsp3) is 0.500. The van der Waals surface area contributed by atoms with E-state index in [0.29, 0.717) is 13.1 Å². The van der Waals surface area contributed by atoms with Crippen molar-refractivity contribution < 1.29 is 26.6 Å². The first-order valence-corrected chi connectivity index (χ1v) is 14.6. The molecule has 0 spiro atoms. The summed E-state index contributed by atoms with van der Waals surface area (Å²) >= 11 is 0. The Morgan fingerprint density at radius 1 is 0.618 bits per heavy atom. The van der Waals surface area contributed by atoms with Crippen LogP contribution in [-0.2, 0) is 20.0 Å². The maximum Gasteiger partial charge on any atom is 0.241 e. The number of hydrogen-bond donors (Lipinski definition) is 4. The predicted molar refractivity (Wildman–Crippen MR) is 133 cm³/mol. The quantitative estimate of drug-likeness (QED) is 0.339. The second kappa shape index (κ2) is 10.4. The standard InChI is InChI=1S/C24H36N4O4S2/c1-23(2,25-33(29,30)21-11-7-5-8-12-21)19-27-15-17-28(18-16-27)20-24(3,4)26-34(31,32)22-13-9-6-10-14-22/h5-14,25-26H,15-20H2,1-4H3/p+2. The highest BCUT2D eigenvalue weighted by Gasteiger charge is 2.36. The SMILES string of the molecule is CC(C)(C[NH+]1CC[NH+](CC(C)(C)NS(=O)(=O)c2ccccc2)CC1)NS(=O)(=O)c1ccccc1. The van der Waals surface area contributed by atoms with Crippen LogP contribution in [0.4, 0.5) is 0 Å². The third-order valence-electron chi connectivity index (χ3n) is 5.98. The van der Waals surface area contributed by atoms with Crippen molar-refractivity contribution in [2.45, 2.75) is 48.6 Å². The van der Waals surface area contributed by atoms with Gasteiger partial charge in [-0.05, 0) is 52.0 Å². The van der Waals surface area contributed by atoms with Crippen LogP contribution in [0.3, 0.4) is 0 Å². The van der Waals surface area contributed by atoms with Gasteiger partial charge in [-0.3, -0.25) is 0 Å². The van der Waals surface area contributed by atoms with E-state index in [0.717, 1.165) is 26.2 Å². The lowest BCUT2D eigenvalue weighted by molar-refractivity contribution is -1.01. The summed E-state index contributed by atoms with van der Waals surface area (Å²) in [6.45, 7) is 12.6. The second-order valence-corrected chi connectivity index (χ2v) is 13.8. The molecule has 4 N–H and O–H groups in total. The van der Waals surface area contributed by atoms with E-state index in [4.69, 9.17) is 0 Å². The Hall–Kier alpha value is -1.82. The van der Waals surface area contributed by atoms with E-state index in [1.165, 1.54) is 9.80 Å². The van der Waals surface area contributed by atoms with Crippen LogP contribution in [0.5, 0.6) is 0 Å². The van der Waals surface area contributed by atoms with Crippen molar-refractivity contribution in [2.75, 3.05) is 39.3 Å². The Morgan fingerprint density at radius 3 is 1.21 bits per heavy atom. The molecule has 0 aromatic heterocycles. The van der Waals surface area contributed by atoms with Gasteiger partial charge in [-0.1, -0.05) is 36.4 Å². The number of rotatable bonds is 10. The van der Waals surface area contributed by atoms with Gasteiger partial charge in [-0.15, -0.1) is 0 Å². The topological polar surface area (TPSA) is 101 Å². The molecule has 0 saturated carbocycles. The molecule has 0 radical (unpaired) electrons. The van der Waals surface area contributed by atoms with E-state index in [2.05, 4.69) is 9.44 Å². The molecule has 0 atom stereocenters. The van der Waals surface area contributed by atoms with Crippen LogP contribution in [0.2, 0.25) is 0 Å². The highest BCUT2D eigenvalue weighted by atomic mass is 32.2. The second-order valence-electron chi connectivity index (χ2n) is 10.5. The minimum Gasteiger partial charge on any atom is -0.324 e. The van der Waals surface area contributed by atoms with Gasteiger partial charge in [0.1, 0.15) is 26.2 Å². The molecular weight excluding hydrogens is 472 g/mol. The zero-order valence-electron chi connectivity index (χ0n) is 20.5. The maximum absolute atomic E-state index is 12.7. The van der Waals surface area contributed by atoms with Crippen LogP contribution in [0.1, 0.15) is 27.7 Å². The van der Waals surface area contributed by atoms with Gasteiger partial charge < -0.3 is 9.80 Å². The van der Waals surface area contributed by atoms with Crippen molar-refractivity contribution in [3.63, 3.8) is 0 Å². The smallest absolute Gasteiger partial charge is 0.241 e. The normalized spacial score (nSPS) is 20.2. The Labute approximate surface area is 204 Å². The van der Waals surface area contributed by atoms with Crippen molar-refractivity contribution in [3.05, 3.63) is 60.7 Å². The third-order valence-corrected chi connectivity index (χ3v) is 9.40. The molecular formula is C24H38N4O4S2+2. The molecule has 10 heteroatoms. The highest BCUT2D eigenvalue weighted by Crippen LogP contribution is 2.13. The lowest BCUT2D eigenvalue weighted by Gasteiger charge is -2.37. The van der Waals surface area contributed by atoms with Crippen molar-refractivity contribution in [2.24, 2.45) is 0 Å².